The van der Waals surface area contributed by atoms with E-state index in [0.717, 1.165) is 58.5 Å². The van der Waals surface area contributed by atoms with Gasteiger partial charge in [-0.2, -0.15) is 0 Å². The van der Waals surface area contributed by atoms with Crippen LogP contribution in [0.4, 0.5) is 5.69 Å². The summed E-state index contributed by atoms with van der Waals surface area (Å²) in [6.07, 6.45) is 6.92. The van der Waals surface area contributed by atoms with Gasteiger partial charge in [0, 0.05) is 35.0 Å². The molecule has 2 aromatic carbocycles. The van der Waals surface area contributed by atoms with Crippen LogP contribution in [0.3, 0.4) is 0 Å². The molecule has 2 fully saturated rings. The maximum atomic E-state index is 6.24. The molecule has 7 rings (SSSR count). The van der Waals surface area contributed by atoms with E-state index in [0.29, 0.717) is 11.2 Å². The van der Waals surface area contributed by atoms with Crippen LogP contribution < -0.4 is 24.4 Å². The highest BCUT2D eigenvalue weighted by molar-refractivity contribution is 7.80. The number of ether oxygens (including phenoxy) is 3. The van der Waals surface area contributed by atoms with Crippen LogP contribution >= 0.6 is 12.2 Å². The number of aryl methyl sites for hydroxylation is 1. The van der Waals surface area contributed by atoms with Gasteiger partial charge in [-0.1, -0.05) is 6.07 Å². The fourth-order valence-corrected chi connectivity index (χ4v) is 6.69. The van der Waals surface area contributed by atoms with Gasteiger partial charge in [-0.15, -0.1) is 0 Å². The lowest BCUT2D eigenvalue weighted by Gasteiger charge is -2.28. The molecule has 1 saturated heterocycles. The van der Waals surface area contributed by atoms with Gasteiger partial charge in [0.2, 0.25) is 6.79 Å². The first-order valence-electron chi connectivity index (χ1n) is 13.9. The zero-order valence-electron chi connectivity index (χ0n) is 22.7. The Balaban J connectivity index is 1.29. The Labute approximate surface area is 239 Å². The van der Waals surface area contributed by atoms with Crippen LogP contribution in [-0.4, -0.2) is 27.6 Å². The van der Waals surface area contributed by atoms with Crippen molar-refractivity contribution in [3.63, 3.8) is 0 Å². The predicted octanol–water partition coefficient (Wildman–Crippen LogP) is 6.72. The largest absolute Gasteiger partial charge is 0.490 e. The van der Waals surface area contributed by atoms with Gasteiger partial charge in [-0.25, -0.2) is 0 Å². The van der Waals surface area contributed by atoms with E-state index in [1.165, 1.54) is 18.4 Å². The Bertz CT molecular complexity index is 1550. The second-order valence-corrected chi connectivity index (χ2v) is 11.1. The number of rotatable bonds is 6. The SMILES string of the molecule is Cc1cc([C@H]2[C@@H](c3ccccn3)NC(=S)N2c2ccc(OC3CCCC3)cc2)c(C)n1-c1ccc2c(c1)OCO2. The minimum atomic E-state index is -0.117. The monoisotopic (exact) mass is 552 g/mol. The summed E-state index contributed by atoms with van der Waals surface area (Å²) < 4.78 is 19.7. The third-order valence-electron chi connectivity index (χ3n) is 8.22. The molecule has 1 saturated carbocycles. The summed E-state index contributed by atoms with van der Waals surface area (Å²) in [7, 11) is 0. The van der Waals surface area contributed by atoms with Gasteiger partial charge in [-0.3, -0.25) is 4.98 Å². The summed E-state index contributed by atoms with van der Waals surface area (Å²) in [5, 5.41) is 4.27. The van der Waals surface area contributed by atoms with Gasteiger partial charge < -0.3 is 29.0 Å². The molecule has 2 atom stereocenters. The van der Waals surface area contributed by atoms with Crippen LogP contribution in [0.5, 0.6) is 17.2 Å². The highest BCUT2D eigenvalue weighted by Crippen LogP contribution is 2.44. The minimum absolute atomic E-state index is 0.0991. The summed E-state index contributed by atoms with van der Waals surface area (Å²) in [6.45, 7) is 4.56. The molecule has 8 heteroatoms. The molecule has 4 aromatic rings. The Morgan fingerprint density at radius 2 is 1.70 bits per heavy atom. The number of fused-ring (bicyclic) bond motifs is 1. The Kier molecular flexibility index (Phi) is 6.35. The maximum absolute atomic E-state index is 6.24. The van der Waals surface area contributed by atoms with Gasteiger partial charge in [0.1, 0.15) is 5.75 Å². The van der Waals surface area contributed by atoms with E-state index in [-0.39, 0.29) is 18.9 Å². The van der Waals surface area contributed by atoms with E-state index in [9.17, 15) is 0 Å². The van der Waals surface area contributed by atoms with Crippen LogP contribution in [0.2, 0.25) is 0 Å². The molecule has 7 nitrogen and oxygen atoms in total. The lowest BCUT2D eigenvalue weighted by molar-refractivity contribution is 0.174. The molecule has 1 aliphatic carbocycles. The molecule has 4 heterocycles. The first-order chi connectivity index (χ1) is 19.6. The van der Waals surface area contributed by atoms with Crippen LogP contribution in [0, 0.1) is 13.8 Å². The van der Waals surface area contributed by atoms with Crippen molar-refractivity contribution in [2.75, 3.05) is 11.7 Å². The molecule has 2 aromatic heterocycles. The van der Waals surface area contributed by atoms with E-state index in [2.05, 4.69) is 71.1 Å². The number of benzene rings is 2. The zero-order valence-corrected chi connectivity index (χ0v) is 23.5. The van der Waals surface area contributed by atoms with Crippen LogP contribution in [-0.2, 0) is 0 Å². The smallest absolute Gasteiger partial charge is 0.231 e. The van der Waals surface area contributed by atoms with E-state index >= 15 is 0 Å². The lowest BCUT2D eigenvalue weighted by atomic mass is 9.96. The van der Waals surface area contributed by atoms with Crippen molar-refractivity contribution in [3.05, 3.63) is 95.6 Å². The number of nitrogens with one attached hydrogen (secondary N) is 1. The summed E-state index contributed by atoms with van der Waals surface area (Å²) in [5.74, 6) is 2.45. The summed E-state index contributed by atoms with van der Waals surface area (Å²) in [4.78, 5) is 6.94. The molecule has 0 bridgehead atoms. The van der Waals surface area contributed by atoms with Gasteiger partial charge >= 0.3 is 0 Å². The van der Waals surface area contributed by atoms with Crippen molar-refractivity contribution in [1.82, 2.24) is 14.9 Å². The van der Waals surface area contributed by atoms with Crippen molar-refractivity contribution >= 4 is 23.0 Å². The first kappa shape index (κ1) is 25.0. The molecular formula is C32H32N4O3S. The average molecular weight is 553 g/mol. The third kappa shape index (κ3) is 4.36. The van der Waals surface area contributed by atoms with E-state index in [1.54, 1.807) is 0 Å². The molecule has 0 spiro atoms. The van der Waals surface area contributed by atoms with Crippen molar-refractivity contribution in [2.24, 2.45) is 0 Å². The van der Waals surface area contributed by atoms with E-state index in [1.807, 2.05) is 30.5 Å². The quantitative estimate of drug-likeness (QED) is 0.267. The molecular weight excluding hydrogens is 520 g/mol. The normalized spacial score (nSPS) is 20.2. The van der Waals surface area contributed by atoms with Crippen LogP contribution in [0.15, 0.2) is 72.9 Å². The summed E-state index contributed by atoms with van der Waals surface area (Å²) in [5.41, 5.74) is 6.46. The number of hydrogen-bond donors (Lipinski definition) is 1. The zero-order chi connectivity index (χ0) is 27.2. The Morgan fingerprint density at radius 1 is 0.925 bits per heavy atom. The molecule has 40 heavy (non-hydrogen) atoms. The molecule has 0 radical (unpaired) electrons. The summed E-state index contributed by atoms with van der Waals surface area (Å²) >= 11 is 5.97. The standard InChI is InChI=1S/C32H32N4O3S/c1-20-17-26(21(2)35(20)23-12-15-28-29(18-23)38-19-37-28)31-30(27-9-5-6-16-33-27)34-32(40)36(31)22-10-13-25(14-11-22)39-24-7-3-4-8-24/h5-6,9-18,24,30-31H,3-4,7-8,19H2,1-2H3,(H,34,40)/t30-,31+/m1/s1. The lowest BCUT2D eigenvalue weighted by Crippen LogP contribution is -2.29. The number of hydrogen-bond acceptors (Lipinski definition) is 5. The predicted molar refractivity (Wildman–Crippen MR) is 159 cm³/mol. The second-order valence-electron chi connectivity index (χ2n) is 10.7. The molecule has 2 aliphatic heterocycles. The molecule has 0 unspecified atom stereocenters. The molecule has 1 N–H and O–H groups in total. The van der Waals surface area contributed by atoms with Gasteiger partial charge in [0.15, 0.2) is 16.6 Å². The van der Waals surface area contributed by atoms with Gasteiger partial charge in [0.25, 0.3) is 0 Å². The maximum Gasteiger partial charge on any atom is 0.231 e. The highest BCUT2D eigenvalue weighted by atomic mass is 32.1. The van der Waals surface area contributed by atoms with Crippen molar-refractivity contribution < 1.29 is 14.2 Å². The van der Waals surface area contributed by atoms with Crippen LogP contribution in [0.25, 0.3) is 5.69 Å². The first-order valence-corrected chi connectivity index (χ1v) is 14.3. The number of thiocarbonyl (C=S) groups is 1. The fraction of sp³-hybridized carbons (Fsp3) is 0.312. The van der Waals surface area contributed by atoms with Crippen molar-refractivity contribution in [3.8, 4) is 22.9 Å². The number of aromatic nitrogens is 2. The van der Waals surface area contributed by atoms with Crippen LogP contribution in [0.1, 0.15) is 60.4 Å². The number of anilines is 1. The molecule has 0 amide bonds. The number of nitrogens with zero attached hydrogens (tertiary/aromatic N) is 3. The highest BCUT2D eigenvalue weighted by Gasteiger charge is 2.42. The Morgan fingerprint density at radius 3 is 2.48 bits per heavy atom. The van der Waals surface area contributed by atoms with E-state index < -0.39 is 0 Å². The third-order valence-corrected chi connectivity index (χ3v) is 8.54. The van der Waals surface area contributed by atoms with E-state index in [4.69, 9.17) is 31.4 Å². The topological polar surface area (TPSA) is 60.8 Å². The van der Waals surface area contributed by atoms with Gasteiger partial charge in [-0.05, 0) is 112 Å². The van der Waals surface area contributed by atoms with Crippen molar-refractivity contribution in [1.29, 1.82) is 0 Å². The average Bonchev–Trinajstić information content (AvgIpc) is 3.77. The summed E-state index contributed by atoms with van der Waals surface area (Å²) in [6, 6.07) is 22.5. The molecule has 204 valence electrons. The second kappa shape index (κ2) is 10.2. The van der Waals surface area contributed by atoms with Gasteiger partial charge in [0.05, 0.1) is 23.9 Å². The minimum Gasteiger partial charge on any atom is -0.490 e. The Hall–Kier alpha value is -4.04. The number of pyridine rings is 1. The molecule has 3 aliphatic rings. The fourth-order valence-electron chi connectivity index (χ4n) is 6.34. The van der Waals surface area contributed by atoms with Crippen molar-refractivity contribution in [2.45, 2.75) is 57.7 Å².